The fraction of sp³-hybridized carbons (Fsp3) is 0.273. The topological polar surface area (TPSA) is 76.7 Å². The summed E-state index contributed by atoms with van der Waals surface area (Å²) in [5.41, 5.74) is 6.16. The minimum absolute atomic E-state index is 0.292. The number of benzene rings is 1. The Balaban J connectivity index is 2.46. The molecule has 0 unspecified atom stereocenters. The lowest BCUT2D eigenvalue weighted by Gasteiger charge is -2.12. The summed E-state index contributed by atoms with van der Waals surface area (Å²) in [5.74, 6) is -0.370. The van der Waals surface area contributed by atoms with Gasteiger partial charge < -0.3 is 5.73 Å². The van der Waals surface area contributed by atoms with Crippen LogP contribution < -0.4 is 11.4 Å². The van der Waals surface area contributed by atoms with Gasteiger partial charge in [0.2, 0.25) is 0 Å². The first-order valence-electron chi connectivity index (χ1n) is 5.34. The molecule has 0 amide bonds. The molecule has 0 fully saturated rings. The van der Waals surface area contributed by atoms with E-state index in [0.29, 0.717) is 15.6 Å². The zero-order valence-corrected chi connectivity index (χ0v) is 10.8. The number of halogens is 1. The normalized spacial score (nSPS) is 12.7. The van der Waals surface area contributed by atoms with Gasteiger partial charge in [-0.05, 0) is 30.3 Å². The van der Waals surface area contributed by atoms with Crippen LogP contribution in [-0.2, 0) is 7.05 Å². The van der Waals surface area contributed by atoms with Crippen molar-refractivity contribution in [2.45, 2.75) is 23.0 Å². The van der Waals surface area contributed by atoms with Crippen LogP contribution in [0.4, 0.5) is 4.39 Å². The largest absolute Gasteiger partial charge is 0.343 e. The van der Waals surface area contributed by atoms with Gasteiger partial charge in [-0.25, -0.2) is 14.3 Å². The molecule has 1 aromatic carbocycles. The number of hydrogen-bond acceptors (Lipinski definition) is 4. The van der Waals surface area contributed by atoms with Gasteiger partial charge in [-0.3, -0.25) is 4.57 Å². The van der Waals surface area contributed by atoms with Crippen molar-refractivity contribution in [3.63, 3.8) is 0 Å². The van der Waals surface area contributed by atoms with Gasteiger partial charge in [0.25, 0.3) is 0 Å². The number of aromatic nitrogens is 3. The molecule has 0 saturated carbocycles. The van der Waals surface area contributed by atoms with Gasteiger partial charge in [0.05, 0.1) is 4.90 Å². The molecule has 7 heteroatoms. The van der Waals surface area contributed by atoms with Crippen molar-refractivity contribution in [2.75, 3.05) is 0 Å². The number of nitrogens with two attached hydrogens (primary N) is 1. The van der Waals surface area contributed by atoms with Crippen molar-refractivity contribution in [3.05, 3.63) is 40.1 Å². The Morgan fingerprint density at radius 3 is 2.83 bits per heavy atom. The Morgan fingerprint density at radius 2 is 2.28 bits per heavy atom. The highest BCUT2D eigenvalue weighted by molar-refractivity contribution is 7.99. The van der Waals surface area contributed by atoms with E-state index in [0.717, 1.165) is 11.8 Å². The van der Waals surface area contributed by atoms with E-state index in [1.165, 1.54) is 10.6 Å². The van der Waals surface area contributed by atoms with Crippen LogP contribution in [-0.4, -0.2) is 14.8 Å². The summed E-state index contributed by atoms with van der Waals surface area (Å²) >= 11 is 1.08. The van der Waals surface area contributed by atoms with Crippen LogP contribution in [0.25, 0.3) is 0 Å². The molecular weight excluding hydrogens is 255 g/mol. The van der Waals surface area contributed by atoms with Gasteiger partial charge in [-0.1, -0.05) is 12.1 Å². The van der Waals surface area contributed by atoms with E-state index in [1.807, 2.05) is 0 Å². The van der Waals surface area contributed by atoms with Crippen molar-refractivity contribution < 1.29 is 4.39 Å². The molecule has 2 aromatic rings. The van der Waals surface area contributed by atoms with Gasteiger partial charge in [0.15, 0.2) is 5.16 Å². The van der Waals surface area contributed by atoms with Crippen molar-refractivity contribution in [2.24, 2.45) is 12.8 Å². The summed E-state index contributed by atoms with van der Waals surface area (Å²) < 4.78 is 15.2. The molecular formula is C11H13FN4OS. The second-order valence-corrected chi connectivity index (χ2v) is 4.90. The maximum atomic E-state index is 13.8. The zero-order chi connectivity index (χ0) is 13.3. The molecule has 2 rings (SSSR count). The van der Waals surface area contributed by atoms with Crippen LogP contribution in [0.1, 0.15) is 18.5 Å². The van der Waals surface area contributed by atoms with Crippen LogP contribution in [0.5, 0.6) is 0 Å². The fourth-order valence-corrected chi connectivity index (χ4v) is 2.54. The van der Waals surface area contributed by atoms with E-state index >= 15 is 0 Å². The Hall–Kier alpha value is -1.60. The smallest absolute Gasteiger partial charge is 0.324 e. The van der Waals surface area contributed by atoms with E-state index in [9.17, 15) is 9.18 Å². The molecule has 0 spiro atoms. The van der Waals surface area contributed by atoms with Crippen molar-refractivity contribution in [3.8, 4) is 0 Å². The van der Waals surface area contributed by atoms with Crippen LogP contribution in [0, 0.1) is 5.82 Å². The highest BCUT2D eigenvalue weighted by Crippen LogP contribution is 2.33. The van der Waals surface area contributed by atoms with Crippen LogP contribution in [0.15, 0.2) is 33.0 Å². The van der Waals surface area contributed by atoms with E-state index < -0.39 is 0 Å². The summed E-state index contributed by atoms with van der Waals surface area (Å²) in [4.78, 5) is 11.6. The van der Waals surface area contributed by atoms with Gasteiger partial charge in [0.1, 0.15) is 5.82 Å². The van der Waals surface area contributed by atoms with Crippen LogP contribution >= 0.6 is 11.8 Å². The third-order valence-corrected chi connectivity index (χ3v) is 3.70. The number of H-pyrrole nitrogens is 1. The Bertz CT molecular complexity index is 620. The first-order valence-corrected chi connectivity index (χ1v) is 6.15. The Labute approximate surface area is 107 Å². The number of hydrogen-bond donors (Lipinski definition) is 2. The first kappa shape index (κ1) is 12.8. The molecule has 1 aromatic heterocycles. The molecule has 5 nitrogen and oxygen atoms in total. The summed E-state index contributed by atoms with van der Waals surface area (Å²) in [6.45, 7) is 1.78. The number of nitrogens with zero attached hydrogens (tertiary/aromatic N) is 2. The van der Waals surface area contributed by atoms with Gasteiger partial charge in [-0.15, -0.1) is 5.10 Å². The van der Waals surface area contributed by atoms with Gasteiger partial charge >= 0.3 is 5.69 Å². The highest BCUT2D eigenvalue weighted by atomic mass is 32.2. The van der Waals surface area contributed by atoms with Crippen LogP contribution in [0.2, 0.25) is 0 Å². The average Bonchev–Trinajstić information content (AvgIpc) is 2.63. The first-order chi connectivity index (χ1) is 8.50. The van der Waals surface area contributed by atoms with E-state index in [4.69, 9.17) is 5.73 Å². The molecule has 0 aliphatic heterocycles. The molecule has 96 valence electrons. The predicted octanol–water partition coefficient (Wildman–Crippen LogP) is 1.42. The van der Waals surface area contributed by atoms with Crippen molar-refractivity contribution >= 4 is 11.8 Å². The lowest BCUT2D eigenvalue weighted by Crippen LogP contribution is -2.13. The molecule has 0 radical (unpaired) electrons. The third kappa shape index (κ3) is 2.32. The minimum atomic E-state index is -0.370. The molecule has 0 aliphatic rings. The molecule has 3 N–H and O–H groups in total. The number of nitrogens with one attached hydrogen (secondary N) is 1. The van der Waals surface area contributed by atoms with Crippen molar-refractivity contribution in [1.29, 1.82) is 0 Å². The number of aromatic amines is 1. The summed E-state index contributed by atoms with van der Waals surface area (Å²) in [5, 5.41) is 6.54. The van der Waals surface area contributed by atoms with E-state index in [2.05, 4.69) is 10.2 Å². The summed E-state index contributed by atoms with van der Waals surface area (Å²) in [6.07, 6.45) is 0. The van der Waals surface area contributed by atoms with E-state index in [1.54, 1.807) is 26.1 Å². The summed E-state index contributed by atoms with van der Waals surface area (Å²) in [6, 6.07) is 4.45. The van der Waals surface area contributed by atoms with Crippen molar-refractivity contribution in [1.82, 2.24) is 14.8 Å². The Morgan fingerprint density at radius 1 is 1.56 bits per heavy atom. The lowest BCUT2D eigenvalue weighted by molar-refractivity contribution is 0.590. The molecule has 18 heavy (non-hydrogen) atoms. The second-order valence-electron chi connectivity index (χ2n) is 3.92. The highest BCUT2D eigenvalue weighted by Gasteiger charge is 2.16. The summed E-state index contributed by atoms with van der Waals surface area (Å²) in [7, 11) is 1.57. The number of rotatable bonds is 3. The van der Waals surface area contributed by atoms with E-state index in [-0.39, 0.29) is 17.5 Å². The average molecular weight is 268 g/mol. The molecule has 0 aliphatic carbocycles. The zero-order valence-electron chi connectivity index (χ0n) is 9.98. The van der Waals surface area contributed by atoms with Crippen LogP contribution in [0.3, 0.4) is 0 Å². The predicted molar refractivity (Wildman–Crippen MR) is 67.0 cm³/mol. The SMILES string of the molecule is C[C@H](N)c1cccc(F)c1Sc1n[nH]c(=O)n1C. The van der Waals surface area contributed by atoms with Gasteiger partial charge in [-0.2, -0.15) is 0 Å². The third-order valence-electron chi connectivity index (χ3n) is 2.52. The van der Waals surface area contributed by atoms with Gasteiger partial charge in [0, 0.05) is 13.1 Å². The lowest BCUT2D eigenvalue weighted by atomic mass is 10.1. The minimum Gasteiger partial charge on any atom is -0.324 e. The molecule has 1 atom stereocenters. The standard InChI is InChI=1S/C11H13FN4OS/c1-6(13)7-4-3-5-8(12)9(7)18-11-15-14-10(17)16(11)2/h3-6H,13H2,1-2H3,(H,14,17)/t6-/m0/s1. The monoisotopic (exact) mass is 268 g/mol. The second kappa shape index (κ2) is 4.95. The fourth-order valence-electron chi connectivity index (χ4n) is 1.51. The quantitative estimate of drug-likeness (QED) is 0.882. The molecule has 0 saturated heterocycles. The maximum absolute atomic E-state index is 13.8. The molecule has 1 heterocycles. The molecule has 0 bridgehead atoms. The maximum Gasteiger partial charge on any atom is 0.343 e. The Kier molecular flexibility index (Phi) is 3.53.